The van der Waals surface area contributed by atoms with E-state index < -0.39 is 12.1 Å². The molecule has 0 aromatic carbocycles. The van der Waals surface area contributed by atoms with E-state index in [1.807, 2.05) is 0 Å². The van der Waals surface area contributed by atoms with E-state index in [1.165, 1.54) is 38.4 Å². The fraction of sp³-hybridized carbons (Fsp3) is 0.853. The van der Waals surface area contributed by atoms with Gasteiger partial charge in [0.05, 0.1) is 13.2 Å². The van der Waals surface area contributed by atoms with Crippen LogP contribution in [0.25, 0.3) is 0 Å². The lowest BCUT2D eigenvalue weighted by molar-refractivity contribution is -0.251. The molecule has 212 valence electrons. The Hall–Kier alpha value is -1.31. The zero-order chi connectivity index (χ0) is 27.9. The van der Waals surface area contributed by atoms with Crippen molar-refractivity contribution in [1.29, 1.82) is 0 Å². The lowest BCUT2D eigenvalue weighted by Gasteiger charge is -2.73. The number of aliphatic hydroxyl groups is 2. The van der Waals surface area contributed by atoms with Crippen molar-refractivity contribution in [3.05, 3.63) is 12.2 Å². The summed E-state index contributed by atoms with van der Waals surface area (Å²) in [4.78, 5) is 11.8. The van der Waals surface area contributed by atoms with Gasteiger partial charge in [0.1, 0.15) is 6.10 Å². The number of ether oxygens (including phenoxy) is 1. The van der Waals surface area contributed by atoms with Crippen LogP contribution in [-0.2, 0) is 9.53 Å². The highest BCUT2D eigenvalue weighted by Gasteiger charge is 2.71. The van der Waals surface area contributed by atoms with Crippen molar-refractivity contribution in [3.8, 4) is 11.8 Å². The molecule has 0 unspecified atom stereocenters. The molecule has 0 aromatic rings. The second-order valence-electron chi connectivity index (χ2n) is 15.5. The van der Waals surface area contributed by atoms with Crippen LogP contribution >= 0.6 is 0 Å². The highest BCUT2D eigenvalue weighted by molar-refractivity contribution is 5.88. The third-order valence-electron chi connectivity index (χ3n) is 14.2. The number of hydrogen-bond donors (Lipinski definition) is 2. The first-order chi connectivity index (χ1) is 17.7. The van der Waals surface area contributed by atoms with E-state index >= 15 is 0 Å². The van der Waals surface area contributed by atoms with Crippen LogP contribution in [0.1, 0.15) is 106 Å². The van der Waals surface area contributed by atoms with Crippen molar-refractivity contribution in [2.24, 2.45) is 56.7 Å². The minimum absolute atomic E-state index is 0.0350. The maximum atomic E-state index is 11.8. The molecule has 4 nitrogen and oxygen atoms in total. The number of allylic oxidation sites excluding steroid dienone is 1. The molecule has 0 radical (unpaired) electrons. The highest BCUT2D eigenvalue weighted by Crippen LogP contribution is 2.77. The van der Waals surface area contributed by atoms with E-state index in [0.717, 1.165) is 38.5 Å². The first-order valence-electron chi connectivity index (χ1n) is 15.3. The number of aliphatic hydroxyl groups excluding tert-OH is 2. The maximum Gasteiger partial charge on any atom is 0.384 e. The van der Waals surface area contributed by atoms with Crippen LogP contribution in [0.4, 0.5) is 0 Å². The molecule has 0 saturated heterocycles. The Balaban J connectivity index is 1.54. The van der Waals surface area contributed by atoms with Gasteiger partial charge in [-0.05, 0) is 122 Å². The van der Waals surface area contributed by atoms with Crippen molar-refractivity contribution >= 4 is 5.97 Å². The molecule has 11 atom stereocenters. The number of esters is 1. The van der Waals surface area contributed by atoms with E-state index in [0.29, 0.717) is 29.6 Å². The summed E-state index contributed by atoms with van der Waals surface area (Å²) in [6.07, 6.45) is 9.94. The SMILES string of the molecule is C=C(C)[C@@H]1CC[C@]2([C@H](O)C#CC(=O)OC)CC[C@]3(C)[C@H](CC[C@@H]4[C@@]5(C)CC[C@H](O)C(C)(C)[C@@H]5CC[C@]43C)[C@@H]12. The van der Waals surface area contributed by atoms with Gasteiger partial charge in [0, 0.05) is 11.3 Å². The number of carbonyl (C=O) groups excluding carboxylic acids is 1. The van der Waals surface area contributed by atoms with Gasteiger partial charge >= 0.3 is 5.97 Å². The lowest BCUT2D eigenvalue weighted by Crippen LogP contribution is -2.67. The number of methoxy groups -OCH3 is 1. The predicted molar refractivity (Wildman–Crippen MR) is 151 cm³/mol. The van der Waals surface area contributed by atoms with Crippen molar-refractivity contribution in [2.45, 2.75) is 118 Å². The van der Waals surface area contributed by atoms with Gasteiger partial charge in [0.25, 0.3) is 0 Å². The monoisotopic (exact) mass is 524 g/mol. The van der Waals surface area contributed by atoms with Crippen LogP contribution in [0, 0.1) is 68.5 Å². The van der Waals surface area contributed by atoms with E-state index in [-0.39, 0.29) is 33.2 Å². The Labute approximate surface area is 231 Å². The van der Waals surface area contributed by atoms with Gasteiger partial charge in [-0.1, -0.05) is 52.7 Å². The van der Waals surface area contributed by atoms with E-state index in [9.17, 15) is 15.0 Å². The van der Waals surface area contributed by atoms with Crippen molar-refractivity contribution in [2.75, 3.05) is 7.11 Å². The molecular weight excluding hydrogens is 472 g/mol. The molecular formula is C34H52O4. The second kappa shape index (κ2) is 9.10. The smallest absolute Gasteiger partial charge is 0.384 e. The number of rotatable bonds is 2. The lowest BCUT2D eigenvalue weighted by atomic mass is 9.32. The average molecular weight is 525 g/mol. The van der Waals surface area contributed by atoms with Crippen molar-refractivity contribution in [1.82, 2.24) is 0 Å². The molecule has 5 saturated carbocycles. The molecule has 38 heavy (non-hydrogen) atoms. The summed E-state index contributed by atoms with van der Waals surface area (Å²) in [7, 11) is 1.34. The molecule has 0 amide bonds. The fourth-order valence-electron chi connectivity index (χ4n) is 12.0. The van der Waals surface area contributed by atoms with Gasteiger partial charge in [0.15, 0.2) is 0 Å². The van der Waals surface area contributed by atoms with Gasteiger partial charge in [0.2, 0.25) is 0 Å². The average Bonchev–Trinajstić information content (AvgIpc) is 3.26. The minimum atomic E-state index is -0.820. The fourth-order valence-corrected chi connectivity index (χ4v) is 12.0. The zero-order valence-corrected chi connectivity index (χ0v) is 25.0. The van der Waals surface area contributed by atoms with Crippen LogP contribution in [0.2, 0.25) is 0 Å². The second-order valence-corrected chi connectivity index (χ2v) is 15.5. The minimum Gasteiger partial charge on any atom is -0.459 e. The third kappa shape index (κ3) is 3.59. The molecule has 4 heteroatoms. The standard InChI is InChI=1S/C34H52O4/c1-21(2)22-13-18-34(27(36)11-12-28(37)38-8)20-19-32(6)23(29(22)34)9-10-25-31(5)16-15-26(35)30(3,4)24(31)14-17-33(25,32)7/h22-27,29,35-36H,1,9-10,13-20H2,2-8H3/t22-,23+,24-,25+,26-,27+,29+,31-,32+,33+,34+/m0/s1. The van der Waals surface area contributed by atoms with Crippen LogP contribution in [-0.4, -0.2) is 35.5 Å². The summed E-state index contributed by atoms with van der Waals surface area (Å²) in [5.74, 6) is 7.38. The van der Waals surface area contributed by atoms with Crippen molar-refractivity contribution in [3.63, 3.8) is 0 Å². The first kappa shape index (κ1) is 28.2. The van der Waals surface area contributed by atoms with Gasteiger partial charge in [-0.2, -0.15) is 0 Å². The Morgan fingerprint density at radius 2 is 1.63 bits per heavy atom. The normalized spacial score (nSPS) is 49.7. The molecule has 0 spiro atoms. The molecule has 0 bridgehead atoms. The predicted octanol–water partition coefficient (Wildman–Crippen LogP) is 6.54. The van der Waals surface area contributed by atoms with Crippen LogP contribution in [0.5, 0.6) is 0 Å². The number of hydrogen-bond acceptors (Lipinski definition) is 4. The van der Waals surface area contributed by atoms with Gasteiger partial charge in [-0.25, -0.2) is 4.79 Å². The van der Waals surface area contributed by atoms with Crippen LogP contribution < -0.4 is 0 Å². The van der Waals surface area contributed by atoms with Crippen LogP contribution in [0.15, 0.2) is 12.2 Å². The topological polar surface area (TPSA) is 66.8 Å². The molecule has 0 aromatic heterocycles. The zero-order valence-electron chi connectivity index (χ0n) is 25.0. The first-order valence-corrected chi connectivity index (χ1v) is 15.3. The number of fused-ring (bicyclic) bond motifs is 7. The van der Waals surface area contributed by atoms with Gasteiger partial charge < -0.3 is 14.9 Å². The van der Waals surface area contributed by atoms with E-state index in [2.05, 4.69) is 60.0 Å². The third-order valence-corrected chi connectivity index (χ3v) is 14.2. The molecule has 5 aliphatic rings. The summed E-state index contributed by atoms with van der Waals surface area (Å²) >= 11 is 0. The summed E-state index contributed by atoms with van der Waals surface area (Å²) in [6, 6.07) is 0. The molecule has 0 heterocycles. The molecule has 2 N–H and O–H groups in total. The van der Waals surface area contributed by atoms with Gasteiger partial charge in [-0.3, -0.25) is 0 Å². The molecule has 5 rings (SSSR count). The Morgan fingerprint density at radius 1 is 0.921 bits per heavy atom. The maximum absolute atomic E-state index is 11.8. The summed E-state index contributed by atoms with van der Waals surface area (Å²) in [6.45, 7) is 19.0. The quantitative estimate of drug-likeness (QED) is 0.186. The Kier molecular flexibility index (Phi) is 6.76. The molecule has 5 fully saturated rings. The van der Waals surface area contributed by atoms with E-state index in [4.69, 9.17) is 4.74 Å². The van der Waals surface area contributed by atoms with Gasteiger partial charge in [-0.15, -0.1) is 0 Å². The van der Waals surface area contributed by atoms with Crippen LogP contribution in [0.3, 0.4) is 0 Å². The van der Waals surface area contributed by atoms with Crippen molar-refractivity contribution < 1.29 is 19.7 Å². The number of carbonyl (C=O) groups is 1. The molecule has 0 aliphatic heterocycles. The molecule has 5 aliphatic carbocycles. The van der Waals surface area contributed by atoms with E-state index in [1.54, 1.807) is 0 Å². The largest absolute Gasteiger partial charge is 0.459 e. The summed E-state index contributed by atoms with van der Waals surface area (Å²) in [5, 5.41) is 22.6. The highest BCUT2D eigenvalue weighted by atomic mass is 16.5. The Morgan fingerprint density at radius 3 is 2.29 bits per heavy atom. The summed E-state index contributed by atoms with van der Waals surface area (Å²) in [5.41, 5.74) is 1.60. The summed E-state index contributed by atoms with van der Waals surface area (Å²) < 4.78 is 4.75. The Bertz CT molecular complexity index is 1050.